The number of cyclic esters (lactones) is 1. The molecule has 0 aliphatic carbocycles. The molecule has 9 unspecified atom stereocenters. The first-order valence-electron chi connectivity index (χ1n) is 25.1. The van der Waals surface area contributed by atoms with Crippen LogP contribution < -0.4 is 43.4 Å². The van der Waals surface area contributed by atoms with E-state index < -0.39 is 159 Å². The third kappa shape index (κ3) is 23.9. The van der Waals surface area contributed by atoms with Gasteiger partial charge in [0.15, 0.2) is 0 Å². The molecule has 1 aromatic rings. The number of amides is 9. The lowest BCUT2D eigenvalue weighted by molar-refractivity contribution is -0.155. The second-order valence-electron chi connectivity index (χ2n) is 19.1. The van der Waals surface area contributed by atoms with E-state index >= 15 is 0 Å². The minimum Gasteiger partial charge on any atom is -0.481 e. The Morgan fingerprint density at radius 3 is 1.88 bits per heavy atom. The number of primary amides is 2. The molecule has 2 rings (SSSR count). The fraction of sp³-hybridized carbons (Fsp3) is 0.653. The number of rotatable bonds is 25. The Balaban J connectivity index is 2.74. The van der Waals surface area contributed by atoms with Crippen molar-refractivity contribution in [2.75, 3.05) is 20.7 Å². The number of hydrogen-bond donors (Lipinski definition) is 12. The SMILES string of the molecule is CC(C)CCCCCCCCCCC(=O)NC1C(=O)NC(CC(=O)O)C(=O)NC(C(O)CC(N)=O)C(=O)NC(CO)C(=O)N(C)C(CC(N)=O)N(C)C(Cc2ccccc2)NC(=O)NC(CCC(=O)O)C(=O)OC1C. The van der Waals surface area contributed by atoms with Gasteiger partial charge >= 0.3 is 23.9 Å². The van der Waals surface area contributed by atoms with Crippen molar-refractivity contribution in [2.45, 2.75) is 178 Å². The van der Waals surface area contributed by atoms with Crippen molar-refractivity contribution in [1.82, 2.24) is 41.7 Å². The molecule has 1 heterocycles. The number of aliphatic hydroxyl groups is 2. The Morgan fingerprint density at radius 1 is 0.720 bits per heavy atom. The number of benzene rings is 1. The van der Waals surface area contributed by atoms with Crippen molar-refractivity contribution in [3.05, 3.63) is 35.9 Å². The molecule has 0 aromatic heterocycles. The van der Waals surface area contributed by atoms with Crippen molar-refractivity contribution >= 4 is 65.3 Å². The Labute approximate surface area is 436 Å². The number of carboxylic acid groups (broad SMARTS) is 2. The van der Waals surface area contributed by atoms with E-state index in [0.717, 1.165) is 63.8 Å². The first kappa shape index (κ1) is 64.2. The van der Waals surface area contributed by atoms with Crippen LogP contribution >= 0.6 is 0 Å². The van der Waals surface area contributed by atoms with E-state index in [2.05, 4.69) is 45.7 Å². The molecule has 0 spiro atoms. The normalized spacial score (nSPS) is 23.4. The summed E-state index contributed by atoms with van der Waals surface area (Å²) in [4.78, 5) is 148. The molecular weight excluding hydrogens is 985 g/mol. The number of carbonyl (C=O) groups excluding carboxylic acids is 9. The van der Waals surface area contributed by atoms with E-state index in [1.54, 1.807) is 30.3 Å². The van der Waals surface area contributed by atoms with Gasteiger partial charge in [0.1, 0.15) is 36.3 Å². The minimum absolute atomic E-state index is 0.0550. The topological polar surface area (TPSA) is 409 Å². The molecule has 1 fully saturated rings. The number of nitrogens with zero attached hydrogens (tertiary/aromatic N) is 2. The molecular formula is C49H78N10O16. The highest BCUT2D eigenvalue weighted by molar-refractivity contribution is 5.98. The van der Waals surface area contributed by atoms with Gasteiger partial charge in [-0.25, -0.2) is 9.59 Å². The standard InChI is InChI=1S/C49H78N10O16/c1-28(2)17-13-10-8-6-7-9-11-16-20-38(64)56-42-29(3)75-48(73)31(21-22-40(65)66)54-49(74)55-37(23-30-18-14-12-15-19-30)58(4)39(26-36(51)63)59(5)47(72)33(27-60)53-46(71)43(34(61)25-35(50)62)57-44(69)32(24-41(67)68)52-45(42)70/h12,14-15,18-19,28-29,31-34,37,39,42-43,60-61H,6-11,13,16-17,20-27H2,1-5H3,(H2,50,62)(H2,51,63)(H,52,70)(H,53,71)(H,56,64)(H,57,69)(H,65,66)(H,67,68)(H2,54,55,74). The van der Waals surface area contributed by atoms with Gasteiger partial charge in [-0.15, -0.1) is 0 Å². The van der Waals surface area contributed by atoms with Gasteiger partial charge in [-0.2, -0.15) is 0 Å². The summed E-state index contributed by atoms with van der Waals surface area (Å²) < 4.78 is 5.62. The van der Waals surface area contributed by atoms with Gasteiger partial charge < -0.3 is 73.4 Å². The Hall–Kier alpha value is -6.93. The molecule has 26 heteroatoms. The lowest BCUT2D eigenvalue weighted by atomic mass is 10.0. The number of aliphatic hydroxyl groups excluding tert-OH is 2. The van der Waals surface area contributed by atoms with Crippen LogP contribution in [-0.4, -0.2) is 171 Å². The summed E-state index contributed by atoms with van der Waals surface area (Å²) in [6.45, 7) is 4.35. The lowest BCUT2D eigenvalue weighted by Crippen LogP contribution is -2.64. The molecule has 9 amide bonds. The van der Waals surface area contributed by atoms with E-state index in [1.165, 1.54) is 11.9 Å². The fourth-order valence-corrected chi connectivity index (χ4v) is 8.22. The number of nitrogens with two attached hydrogens (primary N) is 2. The molecule has 1 saturated heterocycles. The summed E-state index contributed by atoms with van der Waals surface area (Å²) in [7, 11) is 2.54. The van der Waals surface area contributed by atoms with Crippen LogP contribution in [-0.2, 0) is 59.1 Å². The molecule has 420 valence electrons. The summed E-state index contributed by atoms with van der Waals surface area (Å²) in [6, 6.07) is -2.61. The molecule has 0 bridgehead atoms. The number of carboxylic acids is 2. The third-order valence-corrected chi connectivity index (χ3v) is 12.4. The second kappa shape index (κ2) is 33.1. The Kier molecular flexibility index (Phi) is 28.3. The van der Waals surface area contributed by atoms with Crippen LogP contribution in [0, 0.1) is 5.92 Å². The van der Waals surface area contributed by atoms with Gasteiger partial charge in [0.2, 0.25) is 41.4 Å². The minimum atomic E-state index is -2.24. The Bertz CT molecular complexity index is 2100. The highest BCUT2D eigenvalue weighted by Crippen LogP contribution is 2.18. The average molecular weight is 1060 g/mol. The number of carbonyl (C=O) groups is 11. The quantitative estimate of drug-likeness (QED) is 0.0405. The van der Waals surface area contributed by atoms with Crippen LogP contribution in [0.1, 0.15) is 123 Å². The van der Waals surface area contributed by atoms with Crippen molar-refractivity contribution in [2.24, 2.45) is 17.4 Å². The van der Waals surface area contributed by atoms with Crippen LogP contribution in [0.2, 0.25) is 0 Å². The van der Waals surface area contributed by atoms with Crippen molar-refractivity contribution in [3.8, 4) is 0 Å². The van der Waals surface area contributed by atoms with Crippen molar-refractivity contribution in [1.29, 1.82) is 0 Å². The summed E-state index contributed by atoms with van der Waals surface area (Å²) in [6.07, 6.45) is -2.44. The molecule has 0 saturated carbocycles. The first-order chi connectivity index (χ1) is 35.3. The largest absolute Gasteiger partial charge is 0.481 e. The lowest BCUT2D eigenvalue weighted by Gasteiger charge is -2.41. The highest BCUT2D eigenvalue weighted by Gasteiger charge is 2.40. The number of nitrogens with one attached hydrogen (secondary N) is 6. The number of likely N-dealkylation sites (N-methyl/N-ethyl adjacent to an activating group) is 2. The number of urea groups is 1. The average Bonchev–Trinajstić information content (AvgIpc) is 3.33. The van der Waals surface area contributed by atoms with Crippen LogP contribution in [0.5, 0.6) is 0 Å². The molecule has 9 atom stereocenters. The van der Waals surface area contributed by atoms with Gasteiger partial charge in [0.05, 0.1) is 44.3 Å². The first-order valence-corrected chi connectivity index (χ1v) is 25.1. The van der Waals surface area contributed by atoms with E-state index in [9.17, 15) is 73.2 Å². The van der Waals surface area contributed by atoms with E-state index in [4.69, 9.17) is 16.2 Å². The highest BCUT2D eigenvalue weighted by atomic mass is 16.5. The number of ether oxygens (including phenoxy) is 1. The molecule has 14 N–H and O–H groups in total. The monoisotopic (exact) mass is 1060 g/mol. The Morgan fingerprint density at radius 2 is 1.32 bits per heavy atom. The number of esters is 1. The van der Waals surface area contributed by atoms with E-state index in [0.29, 0.717) is 24.3 Å². The zero-order valence-corrected chi connectivity index (χ0v) is 43.4. The number of hydrogen-bond acceptors (Lipinski definition) is 15. The number of unbranched alkanes of at least 4 members (excludes halogenated alkanes) is 7. The third-order valence-electron chi connectivity index (χ3n) is 12.4. The zero-order chi connectivity index (χ0) is 56.4. The molecule has 1 aromatic carbocycles. The van der Waals surface area contributed by atoms with Crippen LogP contribution in [0.3, 0.4) is 0 Å². The smallest absolute Gasteiger partial charge is 0.329 e. The van der Waals surface area contributed by atoms with Gasteiger partial charge in [0.25, 0.3) is 0 Å². The van der Waals surface area contributed by atoms with Gasteiger partial charge in [-0.1, -0.05) is 95.5 Å². The second-order valence-corrected chi connectivity index (χ2v) is 19.1. The summed E-state index contributed by atoms with van der Waals surface area (Å²) in [5.74, 6) is -11.9. The maximum Gasteiger partial charge on any atom is 0.329 e. The fourth-order valence-electron chi connectivity index (χ4n) is 8.22. The summed E-state index contributed by atoms with van der Waals surface area (Å²) >= 11 is 0. The maximum absolute atomic E-state index is 14.2. The van der Waals surface area contributed by atoms with Gasteiger partial charge in [0, 0.05) is 26.3 Å². The predicted molar refractivity (Wildman–Crippen MR) is 268 cm³/mol. The van der Waals surface area contributed by atoms with Crippen LogP contribution in [0.15, 0.2) is 30.3 Å². The maximum atomic E-state index is 14.2. The van der Waals surface area contributed by atoms with Crippen molar-refractivity contribution < 1.29 is 77.9 Å². The van der Waals surface area contributed by atoms with Crippen LogP contribution in [0.25, 0.3) is 0 Å². The van der Waals surface area contributed by atoms with E-state index in [1.807, 2.05) is 0 Å². The zero-order valence-electron chi connectivity index (χ0n) is 43.4. The van der Waals surface area contributed by atoms with Gasteiger partial charge in [-0.3, -0.25) is 48.1 Å². The summed E-state index contributed by atoms with van der Waals surface area (Å²) in [5, 5.41) is 54.8. The number of aliphatic carboxylic acids is 2. The molecule has 0 radical (unpaired) electrons. The van der Waals surface area contributed by atoms with Crippen molar-refractivity contribution in [3.63, 3.8) is 0 Å². The molecule has 26 nitrogen and oxygen atoms in total. The van der Waals surface area contributed by atoms with Crippen LogP contribution in [0.4, 0.5) is 4.79 Å². The molecule has 1 aliphatic rings. The summed E-state index contributed by atoms with van der Waals surface area (Å²) in [5.41, 5.74) is 11.5. The molecule has 75 heavy (non-hydrogen) atoms. The van der Waals surface area contributed by atoms with Gasteiger partial charge in [-0.05, 0) is 38.3 Å². The molecule has 1 aliphatic heterocycles. The predicted octanol–water partition coefficient (Wildman–Crippen LogP) is -1.18. The van der Waals surface area contributed by atoms with E-state index in [-0.39, 0.29) is 12.8 Å².